The van der Waals surface area contributed by atoms with Gasteiger partial charge < -0.3 is 10.2 Å². The molecule has 0 aromatic carbocycles. The Hall–Kier alpha value is -1.49. The summed E-state index contributed by atoms with van der Waals surface area (Å²) in [4.78, 5) is 17.9. The van der Waals surface area contributed by atoms with Crippen molar-refractivity contribution >= 4 is 5.91 Å². The molecule has 0 spiro atoms. The van der Waals surface area contributed by atoms with Crippen LogP contribution in [0.5, 0.6) is 0 Å². The number of likely N-dealkylation sites (tertiary alicyclic amines) is 1. The van der Waals surface area contributed by atoms with Crippen molar-refractivity contribution in [3.63, 3.8) is 0 Å². The summed E-state index contributed by atoms with van der Waals surface area (Å²) in [6, 6.07) is 3.48. The van der Waals surface area contributed by atoms with E-state index in [0.29, 0.717) is 18.0 Å². The number of rotatable bonds is 4. The van der Waals surface area contributed by atoms with Crippen LogP contribution < -0.4 is 5.32 Å². The maximum absolute atomic E-state index is 12.7. The average molecular weight is 263 g/mol. The van der Waals surface area contributed by atoms with Crippen LogP contribution in [-0.4, -0.2) is 41.5 Å². The molecule has 1 amide bonds. The zero-order valence-corrected chi connectivity index (χ0v) is 10.8. The maximum Gasteiger partial charge on any atom is 0.252 e. The molecule has 1 saturated carbocycles. The van der Waals surface area contributed by atoms with Gasteiger partial charge in [0.05, 0.1) is 5.56 Å². The standard InChI is InChI=1S/C14H18FN3O/c15-13-4-1-11(8-16-13)14(19)17-7-10-5-6-18(9-10)12-2-3-12/h1,4,8,10,12H,2-3,5-7,9H2,(H,17,19). The van der Waals surface area contributed by atoms with E-state index in [4.69, 9.17) is 0 Å². The van der Waals surface area contributed by atoms with Crippen molar-refractivity contribution in [2.24, 2.45) is 5.92 Å². The third-order valence-electron chi connectivity index (χ3n) is 3.92. The first kappa shape index (κ1) is 12.5. The number of amides is 1. The van der Waals surface area contributed by atoms with Gasteiger partial charge in [-0.05, 0) is 43.9 Å². The second-order valence-electron chi connectivity index (χ2n) is 5.46. The molecule has 4 nitrogen and oxygen atoms in total. The van der Waals surface area contributed by atoms with Gasteiger partial charge in [0.1, 0.15) is 0 Å². The van der Waals surface area contributed by atoms with Crippen molar-refractivity contribution in [2.75, 3.05) is 19.6 Å². The fraction of sp³-hybridized carbons (Fsp3) is 0.571. The monoisotopic (exact) mass is 263 g/mol. The number of nitrogens with one attached hydrogen (secondary N) is 1. The Balaban J connectivity index is 1.46. The third-order valence-corrected chi connectivity index (χ3v) is 3.92. The van der Waals surface area contributed by atoms with Gasteiger partial charge in [-0.3, -0.25) is 4.79 Å². The Morgan fingerprint density at radius 1 is 1.42 bits per heavy atom. The molecule has 1 atom stereocenters. The van der Waals surface area contributed by atoms with Crippen molar-refractivity contribution < 1.29 is 9.18 Å². The highest BCUT2D eigenvalue weighted by Gasteiger charge is 2.34. The molecule has 0 radical (unpaired) electrons. The predicted molar refractivity (Wildman–Crippen MR) is 69.2 cm³/mol. The lowest BCUT2D eigenvalue weighted by Gasteiger charge is -2.15. The molecule has 1 aliphatic heterocycles. The fourth-order valence-electron chi connectivity index (χ4n) is 2.65. The number of hydrogen-bond donors (Lipinski definition) is 1. The van der Waals surface area contributed by atoms with Crippen LogP contribution in [0.1, 0.15) is 29.6 Å². The zero-order chi connectivity index (χ0) is 13.2. The highest BCUT2D eigenvalue weighted by molar-refractivity contribution is 5.93. The van der Waals surface area contributed by atoms with Crippen molar-refractivity contribution in [1.82, 2.24) is 15.2 Å². The van der Waals surface area contributed by atoms with Crippen LogP contribution in [0, 0.1) is 11.9 Å². The van der Waals surface area contributed by atoms with Gasteiger partial charge in [0, 0.05) is 25.3 Å². The van der Waals surface area contributed by atoms with E-state index in [-0.39, 0.29) is 5.91 Å². The molecule has 1 aliphatic carbocycles. The third kappa shape index (κ3) is 3.10. The molecule has 2 aliphatic rings. The minimum absolute atomic E-state index is 0.169. The van der Waals surface area contributed by atoms with E-state index in [9.17, 15) is 9.18 Å². The van der Waals surface area contributed by atoms with Crippen molar-refractivity contribution in [1.29, 1.82) is 0 Å². The van der Waals surface area contributed by atoms with Crippen LogP contribution in [-0.2, 0) is 0 Å². The number of carbonyl (C=O) groups is 1. The summed E-state index contributed by atoms with van der Waals surface area (Å²) < 4.78 is 12.7. The Labute approximate surface area is 112 Å². The summed E-state index contributed by atoms with van der Waals surface area (Å²) in [5.41, 5.74) is 0.415. The van der Waals surface area contributed by atoms with E-state index in [1.165, 1.54) is 31.2 Å². The summed E-state index contributed by atoms with van der Waals surface area (Å²) in [5.74, 6) is -0.192. The molecule has 3 rings (SSSR count). The first-order valence-corrected chi connectivity index (χ1v) is 6.86. The minimum atomic E-state index is -0.563. The van der Waals surface area contributed by atoms with E-state index < -0.39 is 5.95 Å². The molecular weight excluding hydrogens is 245 g/mol. The lowest BCUT2D eigenvalue weighted by molar-refractivity contribution is 0.0947. The van der Waals surface area contributed by atoms with Crippen molar-refractivity contribution in [2.45, 2.75) is 25.3 Å². The van der Waals surface area contributed by atoms with Gasteiger partial charge in [-0.15, -0.1) is 0 Å². The Morgan fingerprint density at radius 2 is 2.26 bits per heavy atom. The Morgan fingerprint density at radius 3 is 2.95 bits per heavy atom. The molecule has 0 bridgehead atoms. The van der Waals surface area contributed by atoms with E-state index in [1.54, 1.807) is 0 Å². The fourth-order valence-corrected chi connectivity index (χ4v) is 2.65. The molecule has 2 heterocycles. The highest BCUT2D eigenvalue weighted by Crippen LogP contribution is 2.31. The number of pyridine rings is 1. The SMILES string of the molecule is O=C(NCC1CCN(C2CC2)C1)c1ccc(F)nc1. The second kappa shape index (κ2) is 5.25. The maximum atomic E-state index is 12.7. The zero-order valence-electron chi connectivity index (χ0n) is 10.8. The van der Waals surface area contributed by atoms with Gasteiger partial charge in [-0.1, -0.05) is 0 Å². The van der Waals surface area contributed by atoms with Gasteiger partial charge in [-0.2, -0.15) is 4.39 Å². The molecule has 1 N–H and O–H groups in total. The number of carbonyl (C=O) groups excluding carboxylic acids is 1. The molecule has 1 aromatic rings. The van der Waals surface area contributed by atoms with Crippen molar-refractivity contribution in [3.05, 3.63) is 29.8 Å². The minimum Gasteiger partial charge on any atom is -0.352 e. The van der Waals surface area contributed by atoms with E-state index >= 15 is 0 Å². The van der Waals surface area contributed by atoms with Gasteiger partial charge in [-0.25, -0.2) is 4.98 Å². The van der Waals surface area contributed by atoms with Crippen LogP contribution in [0.15, 0.2) is 18.3 Å². The summed E-state index contributed by atoms with van der Waals surface area (Å²) in [6.45, 7) is 2.94. The molecule has 1 unspecified atom stereocenters. The smallest absolute Gasteiger partial charge is 0.252 e. The van der Waals surface area contributed by atoms with Crippen LogP contribution in [0.25, 0.3) is 0 Å². The largest absolute Gasteiger partial charge is 0.352 e. The number of nitrogens with zero attached hydrogens (tertiary/aromatic N) is 2. The second-order valence-corrected chi connectivity index (χ2v) is 5.46. The Kier molecular flexibility index (Phi) is 3.46. The molecule has 5 heteroatoms. The van der Waals surface area contributed by atoms with Gasteiger partial charge in [0.2, 0.25) is 5.95 Å². The summed E-state index contributed by atoms with van der Waals surface area (Å²) in [6.07, 6.45) is 5.09. The topological polar surface area (TPSA) is 45.2 Å². The molecule has 2 fully saturated rings. The molecular formula is C14H18FN3O. The lowest BCUT2D eigenvalue weighted by Crippen LogP contribution is -2.31. The van der Waals surface area contributed by atoms with Crippen molar-refractivity contribution in [3.8, 4) is 0 Å². The van der Waals surface area contributed by atoms with Crippen LogP contribution in [0.2, 0.25) is 0 Å². The highest BCUT2D eigenvalue weighted by atomic mass is 19.1. The molecule has 102 valence electrons. The molecule has 1 aromatic heterocycles. The number of aromatic nitrogens is 1. The Bertz CT molecular complexity index is 458. The van der Waals surface area contributed by atoms with Gasteiger partial charge in [0.25, 0.3) is 5.91 Å². The summed E-state index contributed by atoms with van der Waals surface area (Å²) in [5, 5.41) is 2.91. The van der Waals surface area contributed by atoms with Gasteiger partial charge in [0.15, 0.2) is 0 Å². The van der Waals surface area contributed by atoms with Crippen LogP contribution in [0.3, 0.4) is 0 Å². The van der Waals surface area contributed by atoms with E-state index in [0.717, 1.165) is 25.6 Å². The lowest BCUT2D eigenvalue weighted by atomic mass is 10.1. The van der Waals surface area contributed by atoms with E-state index in [2.05, 4.69) is 15.2 Å². The normalized spacial score (nSPS) is 23.5. The quantitative estimate of drug-likeness (QED) is 0.836. The number of halogens is 1. The van der Waals surface area contributed by atoms with Crippen LogP contribution >= 0.6 is 0 Å². The first-order valence-electron chi connectivity index (χ1n) is 6.86. The average Bonchev–Trinajstić information content (AvgIpc) is 3.16. The summed E-state index contributed by atoms with van der Waals surface area (Å²) >= 11 is 0. The van der Waals surface area contributed by atoms with Gasteiger partial charge >= 0.3 is 0 Å². The molecule has 1 saturated heterocycles. The van der Waals surface area contributed by atoms with E-state index in [1.807, 2.05) is 0 Å². The first-order chi connectivity index (χ1) is 9.22. The molecule has 19 heavy (non-hydrogen) atoms. The van der Waals surface area contributed by atoms with Crippen LogP contribution in [0.4, 0.5) is 4.39 Å². The predicted octanol–water partition coefficient (Wildman–Crippen LogP) is 1.43. The summed E-state index contributed by atoms with van der Waals surface area (Å²) in [7, 11) is 0. The number of hydrogen-bond acceptors (Lipinski definition) is 3.